The molecule has 1 aromatic carbocycles. The molecule has 0 atom stereocenters. The van der Waals surface area contributed by atoms with E-state index in [0.29, 0.717) is 12.5 Å². The molecule has 3 rings (SSSR count). The maximum Gasteiger partial charge on any atom is 0.224 e. The number of nitrogens with zero attached hydrogens (tertiary/aromatic N) is 3. The van der Waals surface area contributed by atoms with Crippen LogP contribution in [0.5, 0.6) is 0 Å². The van der Waals surface area contributed by atoms with E-state index in [-0.39, 0.29) is 0 Å². The molecule has 0 aliphatic rings. The Balaban J connectivity index is 1.57. The molecule has 0 aliphatic carbocycles. The lowest BCUT2D eigenvalue weighted by atomic mass is 10.1. The van der Waals surface area contributed by atoms with Crippen LogP contribution in [0.2, 0.25) is 5.02 Å². The zero-order valence-electron chi connectivity index (χ0n) is 14.0. The Kier molecular flexibility index (Phi) is 5.80. The van der Waals surface area contributed by atoms with Crippen molar-refractivity contribution in [2.75, 3.05) is 17.2 Å². The number of aryl methyl sites for hydroxylation is 1. The molecule has 2 heterocycles. The molecule has 0 saturated heterocycles. The highest BCUT2D eigenvalue weighted by Gasteiger charge is 2.03. The molecule has 5 nitrogen and oxygen atoms in total. The quantitative estimate of drug-likeness (QED) is 0.669. The number of aromatic nitrogens is 3. The van der Waals surface area contributed by atoms with Gasteiger partial charge >= 0.3 is 0 Å². The smallest absolute Gasteiger partial charge is 0.224 e. The number of anilines is 2. The van der Waals surface area contributed by atoms with Crippen molar-refractivity contribution in [3.8, 4) is 0 Å². The van der Waals surface area contributed by atoms with Crippen molar-refractivity contribution in [3.63, 3.8) is 0 Å². The van der Waals surface area contributed by atoms with E-state index in [1.807, 2.05) is 49.4 Å². The summed E-state index contributed by atoms with van der Waals surface area (Å²) < 4.78 is 0. The van der Waals surface area contributed by atoms with Crippen LogP contribution in [0.25, 0.3) is 0 Å². The van der Waals surface area contributed by atoms with E-state index in [1.165, 1.54) is 5.56 Å². The number of nitrogens with one attached hydrogen (secondary N) is 2. The molecule has 0 amide bonds. The Hall–Kier alpha value is -2.66. The standard InChI is InChI=1S/C19H20ClN5/c1-14-11-18(23-13-17-7-2-3-9-21-17)25-19(24-14)22-10-8-15-5-4-6-16(20)12-15/h2-7,9,11-12H,8,10,13H2,1H3,(H2,22,23,24,25). The maximum absolute atomic E-state index is 6.01. The first-order valence-electron chi connectivity index (χ1n) is 8.17. The van der Waals surface area contributed by atoms with Gasteiger partial charge in [0.25, 0.3) is 0 Å². The topological polar surface area (TPSA) is 62.7 Å². The zero-order chi connectivity index (χ0) is 17.5. The third kappa shape index (κ3) is 5.43. The van der Waals surface area contributed by atoms with Gasteiger partial charge in [0.05, 0.1) is 12.2 Å². The normalized spacial score (nSPS) is 10.5. The van der Waals surface area contributed by atoms with Crippen LogP contribution < -0.4 is 10.6 Å². The lowest BCUT2D eigenvalue weighted by molar-refractivity contribution is 0.964. The van der Waals surface area contributed by atoms with Gasteiger partial charge in [-0.25, -0.2) is 4.98 Å². The second-order valence-corrected chi connectivity index (χ2v) is 6.14. The average molecular weight is 354 g/mol. The van der Waals surface area contributed by atoms with Crippen LogP contribution in [-0.2, 0) is 13.0 Å². The monoisotopic (exact) mass is 353 g/mol. The molecule has 25 heavy (non-hydrogen) atoms. The van der Waals surface area contributed by atoms with Gasteiger partial charge in [0, 0.05) is 29.5 Å². The van der Waals surface area contributed by atoms with E-state index in [1.54, 1.807) is 6.20 Å². The number of rotatable bonds is 7. The molecule has 0 bridgehead atoms. The Labute approximate surface area is 152 Å². The van der Waals surface area contributed by atoms with Crippen LogP contribution in [0, 0.1) is 6.92 Å². The van der Waals surface area contributed by atoms with Gasteiger partial charge in [-0.2, -0.15) is 4.98 Å². The third-order valence-electron chi connectivity index (χ3n) is 3.62. The SMILES string of the molecule is Cc1cc(NCc2ccccn2)nc(NCCc2cccc(Cl)c2)n1. The number of hydrogen-bond acceptors (Lipinski definition) is 5. The predicted molar refractivity (Wildman–Crippen MR) is 102 cm³/mol. The Morgan fingerprint density at radius 2 is 1.92 bits per heavy atom. The molecule has 3 aromatic rings. The van der Waals surface area contributed by atoms with Crippen LogP contribution in [0.15, 0.2) is 54.7 Å². The summed E-state index contributed by atoms with van der Waals surface area (Å²) in [5, 5.41) is 7.31. The number of hydrogen-bond donors (Lipinski definition) is 2. The predicted octanol–water partition coefficient (Wildman–Crippen LogP) is 4.10. The number of halogens is 1. The molecular weight excluding hydrogens is 334 g/mol. The van der Waals surface area contributed by atoms with Crippen LogP contribution in [0.3, 0.4) is 0 Å². The van der Waals surface area contributed by atoms with Crippen molar-refractivity contribution in [1.82, 2.24) is 15.0 Å². The second-order valence-electron chi connectivity index (χ2n) is 5.70. The van der Waals surface area contributed by atoms with Crippen LogP contribution >= 0.6 is 11.6 Å². The fourth-order valence-corrected chi connectivity index (χ4v) is 2.65. The van der Waals surface area contributed by atoms with Crippen molar-refractivity contribution in [1.29, 1.82) is 0 Å². The molecule has 0 radical (unpaired) electrons. The summed E-state index contributed by atoms with van der Waals surface area (Å²) in [6.45, 7) is 3.32. The fraction of sp³-hybridized carbons (Fsp3) is 0.211. The van der Waals surface area contributed by atoms with Crippen LogP contribution in [-0.4, -0.2) is 21.5 Å². The highest BCUT2D eigenvalue weighted by Crippen LogP contribution is 2.13. The van der Waals surface area contributed by atoms with E-state index in [9.17, 15) is 0 Å². The molecule has 0 saturated carbocycles. The van der Waals surface area contributed by atoms with Gasteiger partial charge in [-0.1, -0.05) is 29.8 Å². The van der Waals surface area contributed by atoms with E-state index < -0.39 is 0 Å². The average Bonchev–Trinajstić information content (AvgIpc) is 2.61. The molecule has 0 aliphatic heterocycles. The van der Waals surface area contributed by atoms with Gasteiger partial charge in [0.15, 0.2) is 0 Å². The lowest BCUT2D eigenvalue weighted by Gasteiger charge is -2.10. The molecule has 0 fully saturated rings. The Morgan fingerprint density at radius 1 is 1.00 bits per heavy atom. The summed E-state index contributed by atoms with van der Waals surface area (Å²) in [4.78, 5) is 13.2. The summed E-state index contributed by atoms with van der Waals surface area (Å²) in [5.41, 5.74) is 3.05. The van der Waals surface area contributed by atoms with E-state index in [0.717, 1.165) is 35.2 Å². The minimum absolute atomic E-state index is 0.616. The minimum atomic E-state index is 0.616. The van der Waals surface area contributed by atoms with Crippen LogP contribution in [0.4, 0.5) is 11.8 Å². The van der Waals surface area contributed by atoms with Crippen molar-refractivity contribution < 1.29 is 0 Å². The Bertz CT molecular complexity index is 823. The first-order chi connectivity index (χ1) is 12.2. The molecule has 2 aromatic heterocycles. The van der Waals surface area contributed by atoms with Gasteiger partial charge in [-0.15, -0.1) is 0 Å². The summed E-state index contributed by atoms with van der Waals surface area (Å²) in [6.07, 6.45) is 2.64. The molecule has 2 N–H and O–H groups in total. The van der Waals surface area contributed by atoms with Gasteiger partial charge in [-0.05, 0) is 43.2 Å². The highest BCUT2D eigenvalue weighted by molar-refractivity contribution is 6.30. The summed E-state index contributed by atoms with van der Waals surface area (Å²) >= 11 is 6.01. The summed E-state index contributed by atoms with van der Waals surface area (Å²) in [5.74, 6) is 1.40. The second kappa shape index (κ2) is 8.44. The minimum Gasteiger partial charge on any atom is -0.364 e. The van der Waals surface area contributed by atoms with Gasteiger partial charge < -0.3 is 10.6 Å². The van der Waals surface area contributed by atoms with E-state index in [4.69, 9.17) is 11.6 Å². The van der Waals surface area contributed by atoms with E-state index >= 15 is 0 Å². The molecule has 128 valence electrons. The lowest BCUT2D eigenvalue weighted by Crippen LogP contribution is -2.11. The van der Waals surface area contributed by atoms with Crippen LogP contribution in [0.1, 0.15) is 17.0 Å². The van der Waals surface area contributed by atoms with Gasteiger partial charge in [0.1, 0.15) is 5.82 Å². The molecule has 0 unspecified atom stereocenters. The largest absolute Gasteiger partial charge is 0.364 e. The first kappa shape index (κ1) is 17.2. The van der Waals surface area contributed by atoms with Crippen molar-refractivity contribution in [2.45, 2.75) is 19.9 Å². The number of benzene rings is 1. The van der Waals surface area contributed by atoms with Crippen molar-refractivity contribution in [3.05, 3.63) is 76.7 Å². The van der Waals surface area contributed by atoms with Gasteiger partial charge in [-0.3, -0.25) is 4.98 Å². The van der Waals surface area contributed by atoms with E-state index in [2.05, 4.69) is 31.7 Å². The van der Waals surface area contributed by atoms with Crippen molar-refractivity contribution in [2.24, 2.45) is 0 Å². The fourth-order valence-electron chi connectivity index (χ4n) is 2.43. The maximum atomic E-state index is 6.01. The molecule has 6 heteroatoms. The molecular formula is C19H20ClN5. The highest BCUT2D eigenvalue weighted by atomic mass is 35.5. The van der Waals surface area contributed by atoms with Crippen molar-refractivity contribution >= 4 is 23.4 Å². The zero-order valence-corrected chi connectivity index (χ0v) is 14.8. The third-order valence-corrected chi connectivity index (χ3v) is 3.85. The first-order valence-corrected chi connectivity index (χ1v) is 8.54. The summed E-state index contributed by atoms with van der Waals surface area (Å²) in [7, 11) is 0. The molecule has 0 spiro atoms. The van der Waals surface area contributed by atoms with Gasteiger partial charge in [0.2, 0.25) is 5.95 Å². The number of pyridine rings is 1. The Morgan fingerprint density at radius 3 is 2.72 bits per heavy atom. The summed E-state index contributed by atoms with van der Waals surface area (Å²) in [6, 6.07) is 15.6.